The summed E-state index contributed by atoms with van der Waals surface area (Å²) < 4.78 is 0. The Balaban J connectivity index is 1.32. The van der Waals surface area contributed by atoms with Gasteiger partial charge in [0.2, 0.25) is 0 Å². The van der Waals surface area contributed by atoms with Crippen molar-refractivity contribution in [1.29, 1.82) is 0 Å². The molecule has 0 bridgehead atoms. The number of anilines is 1. The highest BCUT2D eigenvalue weighted by molar-refractivity contribution is 5.72. The summed E-state index contributed by atoms with van der Waals surface area (Å²) in [5.41, 5.74) is 7.88. The smallest absolute Gasteiger partial charge is 0.0927 e. The summed E-state index contributed by atoms with van der Waals surface area (Å²) in [5, 5.41) is 7.73. The molecule has 1 fully saturated rings. The molecule has 1 aliphatic rings. The van der Waals surface area contributed by atoms with Gasteiger partial charge in [0.05, 0.1) is 11.4 Å². The van der Waals surface area contributed by atoms with Crippen LogP contribution >= 0.6 is 0 Å². The molecule has 3 heterocycles. The number of hydrogen-bond acceptors (Lipinski definition) is 4. The Morgan fingerprint density at radius 1 is 0.700 bits per heavy atom. The quantitative estimate of drug-likeness (QED) is 0.550. The van der Waals surface area contributed by atoms with E-state index in [1.165, 1.54) is 16.8 Å². The number of pyridine rings is 1. The fraction of sp³-hybridized carbons (Fsp3) is 0.200. The van der Waals surface area contributed by atoms with Crippen LogP contribution in [0.4, 0.5) is 5.69 Å². The van der Waals surface area contributed by atoms with E-state index in [2.05, 4.69) is 86.6 Å². The topological polar surface area (TPSA) is 48.0 Å². The summed E-state index contributed by atoms with van der Waals surface area (Å²) in [6.07, 6.45) is 3.64. The summed E-state index contributed by atoms with van der Waals surface area (Å²) in [4.78, 5) is 8.91. The van der Waals surface area contributed by atoms with Gasteiger partial charge in [-0.1, -0.05) is 36.4 Å². The van der Waals surface area contributed by atoms with Crippen molar-refractivity contribution in [1.82, 2.24) is 20.1 Å². The van der Waals surface area contributed by atoms with Crippen LogP contribution < -0.4 is 4.90 Å². The number of piperazine rings is 1. The number of aromatic nitrogens is 3. The third kappa shape index (κ3) is 3.84. The van der Waals surface area contributed by atoms with Crippen molar-refractivity contribution in [3.8, 4) is 33.6 Å². The van der Waals surface area contributed by atoms with Crippen molar-refractivity contribution in [2.75, 3.05) is 38.1 Å². The SMILES string of the molecule is CN1CCN(c2ccc(-c3cc(-c4ccc(-c5ccncc5)cc4)[nH]n3)cc2)CC1. The monoisotopic (exact) mass is 395 g/mol. The van der Waals surface area contributed by atoms with Gasteiger partial charge in [0, 0.05) is 49.8 Å². The minimum Gasteiger partial charge on any atom is -0.369 e. The van der Waals surface area contributed by atoms with Gasteiger partial charge in [-0.3, -0.25) is 10.1 Å². The van der Waals surface area contributed by atoms with Crippen molar-refractivity contribution in [2.45, 2.75) is 0 Å². The van der Waals surface area contributed by atoms with Gasteiger partial charge in [0.15, 0.2) is 0 Å². The number of H-pyrrole nitrogens is 1. The second-order valence-electron chi connectivity index (χ2n) is 7.82. The van der Waals surface area contributed by atoms with Gasteiger partial charge in [-0.05, 0) is 54.1 Å². The van der Waals surface area contributed by atoms with Gasteiger partial charge in [-0.25, -0.2) is 0 Å². The Morgan fingerprint density at radius 3 is 2.00 bits per heavy atom. The molecule has 2 aromatic heterocycles. The first-order valence-electron chi connectivity index (χ1n) is 10.4. The summed E-state index contributed by atoms with van der Waals surface area (Å²) in [7, 11) is 2.18. The molecule has 5 heteroatoms. The zero-order valence-electron chi connectivity index (χ0n) is 17.1. The molecule has 30 heavy (non-hydrogen) atoms. The summed E-state index contributed by atoms with van der Waals surface area (Å²) >= 11 is 0. The maximum atomic E-state index is 4.54. The van der Waals surface area contributed by atoms with Crippen LogP contribution in [0.2, 0.25) is 0 Å². The Kier molecular flexibility index (Phi) is 5.03. The van der Waals surface area contributed by atoms with E-state index < -0.39 is 0 Å². The largest absolute Gasteiger partial charge is 0.369 e. The second-order valence-corrected chi connectivity index (χ2v) is 7.82. The van der Waals surface area contributed by atoms with Gasteiger partial charge in [0.1, 0.15) is 0 Å². The van der Waals surface area contributed by atoms with Crippen LogP contribution in [0.3, 0.4) is 0 Å². The van der Waals surface area contributed by atoms with E-state index in [9.17, 15) is 0 Å². The maximum absolute atomic E-state index is 4.54. The molecule has 2 aromatic carbocycles. The molecule has 1 saturated heterocycles. The first-order chi connectivity index (χ1) is 14.8. The van der Waals surface area contributed by atoms with E-state index in [1.807, 2.05) is 24.5 Å². The van der Waals surface area contributed by atoms with Gasteiger partial charge >= 0.3 is 0 Å². The van der Waals surface area contributed by atoms with Gasteiger partial charge in [-0.2, -0.15) is 5.10 Å². The molecule has 5 rings (SSSR count). The molecule has 1 N–H and O–H groups in total. The molecule has 150 valence electrons. The highest BCUT2D eigenvalue weighted by Gasteiger charge is 2.14. The van der Waals surface area contributed by atoms with Crippen LogP contribution in [0.1, 0.15) is 0 Å². The molecule has 0 atom stereocenters. The third-order valence-corrected chi connectivity index (χ3v) is 5.82. The lowest BCUT2D eigenvalue weighted by molar-refractivity contribution is 0.313. The van der Waals surface area contributed by atoms with Crippen molar-refractivity contribution in [3.05, 3.63) is 79.1 Å². The lowest BCUT2D eigenvalue weighted by Gasteiger charge is -2.34. The fourth-order valence-corrected chi connectivity index (χ4v) is 3.91. The molecular weight excluding hydrogens is 370 g/mol. The van der Waals surface area contributed by atoms with Gasteiger partial charge in [-0.15, -0.1) is 0 Å². The highest BCUT2D eigenvalue weighted by Crippen LogP contribution is 2.28. The Hall–Kier alpha value is -3.44. The molecule has 0 aliphatic carbocycles. The van der Waals surface area contributed by atoms with Crippen LogP contribution in [0.25, 0.3) is 33.6 Å². The molecule has 0 radical (unpaired) electrons. The number of aromatic amines is 1. The van der Waals surface area contributed by atoms with Crippen molar-refractivity contribution < 1.29 is 0 Å². The van der Waals surface area contributed by atoms with E-state index in [4.69, 9.17) is 0 Å². The number of rotatable bonds is 4. The predicted octanol–water partition coefficient (Wildman–Crippen LogP) is 4.56. The number of nitrogens with one attached hydrogen (secondary N) is 1. The van der Waals surface area contributed by atoms with Crippen LogP contribution in [-0.4, -0.2) is 53.3 Å². The van der Waals surface area contributed by atoms with Crippen LogP contribution in [0, 0.1) is 0 Å². The maximum Gasteiger partial charge on any atom is 0.0927 e. The second kappa shape index (κ2) is 8.13. The van der Waals surface area contributed by atoms with E-state index >= 15 is 0 Å². The zero-order valence-corrected chi connectivity index (χ0v) is 17.1. The molecule has 0 spiro atoms. The average molecular weight is 396 g/mol. The standard InChI is InChI=1S/C25H25N5/c1-29-14-16-30(17-15-29)23-8-6-22(7-9-23)25-18-24(27-28-25)21-4-2-19(3-5-21)20-10-12-26-13-11-20/h2-13,18H,14-17H2,1H3,(H,27,28). The predicted molar refractivity (Wildman–Crippen MR) is 122 cm³/mol. The van der Waals surface area contributed by atoms with E-state index in [0.29, 0.717) is 0 Å². The molecule has 0 saturated carbocycles. The summed E-state index contributed by atoms with van der Waals surface area (Å²) in [5.74, 6) is 0. The first kappa shape index (κ1) is 18.6. The van der Waals surface area contributed by atoms with Crippen LogP contribution in [0.5, 0.6) is 0 Å². The van der Waals surface area contributed by atoms with E-state index in [-0.39, 0.29) is 0 Å². The van der Waals surface area contributed by atoms with E-state index in [0.717, 1.165) is 48.7 Å². The first-order valence-corrected chi connectivity index (χ1v) is 10.4. The fourth-order valence-electron chi connectivity index (χ4n) is 3.91. The minimum absolute atomic E-state index is 0.966. The Bertz CT molecular complexity index is 1090. The lowest BCUT2D eigenvalue weighted by atomic mass is 10.0. The zero-order chi connectivity index (χ0) is 20.3. The molecule has 0 unspecified atom stereocenters. The van der Waals surface area contributed by atoms with Gasteiger partial charge < -0.3 is 9.80 Å². The van der Waals surface area contributed by atoms with Gasteiger partial charge in [0.25, 0.3) is 0 Å². The molecule has 1 aliphatic heterocycles. The highest BCUT2D eigenvalue weighted by atomic mass is 15.2. The average Bonchev–Trinajstić information content (AvgIpc) is 3.31. The van der Waals surface area contributed by atoms with Crippen molar-refractivity contribution in [3.63, 3.8) is 0 Å². The third-order valence-electron chi connectivity index (χ3n) is 5.82. The molecule has 4 aromatic rings. The molecule has 0 amide bonds. The van der Waals surface area contributed by atoms with E-state index in [1.54, 1.807) is 0 Å². The summed E-state index contributed by atoms with van der Waals surface area (Å²) in [6.45, 7) is 4.39. The number of hydrogen-bond donors (Lipinski definition) is 1. The van der Waals surface area contributed by atoms with Crippen LogP contribution in [0.15, 0.2) is 79.1 Å². The lowest BCUT2D eigenvalue weighted by Crippen LogP contribution is -2.44. The van der Waals surface area contributed by atoms with Crippen LogP contribution in [-0.2, 0) is 0 Å². The molecule has 5 nitrogen and oxygen atoms in total. The minimum atomic E-state index is 0.966. The Labute approximate surface area is 177 Å². The number of likely N-dealkylation sites (N-methyl/N-ethyl adjacent to an activating group) is 1. The summed E-state index contributed by atoms with van der Waals surface area (Å²) in [6, 6.07) is 23.4. The normalized spacial score (nSPS) is 14.8. The van der Waals surface area contributed by atoms with Crippen molar-refractivity contribution >= 4 is 5.69 Å². The number of benzene rings is 2. The number of nitrogens with zero attached hydrogens (tertiary/aromatic N) is 4. The molecular formula is C25H25N5. The van der Waals surface area contributed by atoms with Crippen molar-refractivity contribution in [2.24, 2.45) is 0 Å². The Morgan fingerprint density at radius 2 is 1.30 bits per heavy atom.